The quantitative estimate of drug-likeness (QED) is 0.476. The van der Waals surface area contributed by atoms with Crippen LogP contribution < -0.4 is 0 Å². The van der Waals surface area contributed by atoms with E-state index in [1.807, 2.05) is 52.8 Å². The van der Waals surface area contributed by atoms with Crippen LogP contribution in [0.1, 0.15) is 135 Å². The molecule has 0 bridgehead atoms. The van der Waals surface area contributed by atoms with Gasteiger partial charge in [-0.05, 0) is 18.4 Å². The molecule has 1 aliphatic rings. The second kappa shape index (κ2) is 36.8. The highest BCUT2D eigenvalue weighted by atomic mass is 14.1. The minimum atomic E-state index is 0. The zero-order valence-electron chi connectivity index (χ0n) is 18.8. The summed E-state index contributed by atoms with van der Waals surface area (Å²) >= 11 is 0. The van der Waals surface area contributed by atoms with Crippen LogP contribution in [0.3, 0.4) is 0 Å². The monoisotopic (exact) mass is 396 g/mol. The van der Waals surface area contributed by atoms with Crippen molar-refractivity contribution >= 4 is 5.57 Å². The second-order valence-electron chi connectivity index (χ2n) is 6.24. The number of unbranched alkanes of at least 4 members (excludes halogenated alkanes) is 2. The molecule has 1 aliphatic carbocycles. The van der Waals surface area contributed by atoms with Gasteiger partial charge in [0.1, 0.15) is 0 Å². The van der Waals surface area contributed by atoms with Gasteiger partial charge in [0.2, 0.25) is 0 Å². The van der Waals surface area contributed by atoms with Crippen molar-refractivity contribution in [3.8, 4) is 0 Å². The maximum atomic E-state index is 3.83. The Hall–Kier alpha value is -1.04. The number of hydrogen-bond donors (Lipinski definition) is 0. The summed E-state index contributed by atoms with van der Waals surface area (Å²) in [6, 6.07) is 10.2. The van der Waals surface area contributed by atoms with Gasteiger partial charge in [0, 0.05) is 0 Å². The van der Waals surface area contributed by atoms with Crippen LogP contribution in [-0.4, -0.2) is 0 Å². The van der Waals surface area contributed by atoms with E-state index in [2.05, 4.69) is 39.5 Å². The Morgan fingerprint density at radius 1 is 0.821 bits per heavy atom. The summed E-state index contributed by atoms with van der Waals surface area (Å²) in [5.41, 5.74) is 2.34. The molecule has 0 aromatic heterocycles. The lowest BCUT2D eigenvalue weighted by molar-refractivity contribution is 0.385. The molecule has 0 saturated heterocycles. The molecule has 0 heteroatoms. The van der Waals surface area contributed by atoms with Crippen LogP contribution >= 0.6 is 0 Å². The highest BCUT2D eigenvalue weighted by molar-refractivity contribution is 5.60. The van der Waals surface area contributed by atoms with E-state index in [-0.39, 0.29) is 22.3 Å². The first-order chi connectivity index (χ1) is 12.1. The van der Waals surface area contributed by atoms with E-state index in [0.29, 0.717) is 0 Å². The van der Waals surface area contributed by atoms with E-state index in [9.17, 15) is 0 Å². The Kier molecular flexibility index (Phi) is 54.4. The van der Waals surface area contributed by atoms with Gasteiger partial charge in [0.15, 0.2) is 0 Å². The highest BCUT2D eigenvalue weighted by Gasteiger charge is 2.05. The summed E-state index contributed by atoms with van der Waals surface area (Å²) in [7, 11) is 0. The third kappa shape index (κ3) is 32.6. The number of hydrogen-bond acceptors (Lipinski definition) is 0. The molecule has 0 nitrogen and oxygen atoms in total. The maximum absolute atomic E-state index is 3.83. The molecule has 1 aromatic rings. The van der Waals surface area contributed by atoms with Gasteiger partial charge >= 0.3 is 0 Å². The SMILES string of the molecule is C.C.C.C=C(C)c1ccccc1.CC.CC.CC1CCCCC1.CCCCC. The fourth-order valence-corrected chi connectivity index (χ4v) is 2.38. The predicted octanol–water partition coefficient (Wildman–Crippen LogP) is 11.5. The Morgan fingerprint density at radius 3 is 1.39 bits per heavy atom. The van der Waals surface area contributed by atoms with Crippen molar-refractivity contribution in [3.05, 3.63) is 42.5 Å². The molecule has 1 aromatic carbocycles. The van der Waals surface area contributed by atoms with Crippen LogP contribution in [0.4, 0.5) is 0 Å². The molecule has 0 radical (unpaired) electrons. The minimum absolute atomic E-state index is 0. The zero-order chi connectivity index (χ0) is 19.9. The van der Waals surface area contributed by atoms with Crippen molar-refractivity contribution in [2.45, 2.75) is 129 Å². The summed E-state index contributed by atoms with van der Waals surface area (Å²) in [6.45, 7) is 20.6. The lowest BCUT2D eigenvalue weighted by atomic mass is 9.91. The lowest BCUT2D eigenvalue weighted by Gasteiger charge is -2.15. The molecule has 0 amide bonds. The molecule has 0 unspecified atom stereocenters. The van der Waals surface area contributed by atoms with Crippen LogP contribution in [0.25, 0.3) is 5.57 Å². The Labute approximate surface area is 183 Å². The summed E-state index contributed by atoms with van der Waals surface area (Å²) in [6.07, 6.45) is 11.5. The van der Waals surface area contributed by atoms with Crippen molar-refractivity contribution in [2.75, 3.05) is 0 Å². The van der Waals surface area contributed by atoms with Crippen molar-refractivity contribution < 1.29 is 0 Å². The van der Waals surface area contributed by atoms with Gasteiger partial charge in [-0.15, -0.1) is 0 Å². The van der Waals surface area contributed by atoms with Crippen LogP contribution in [0, 0.1) is 5.92 Å². The molecule has 1 fully saturated rings. The van der Waals surface area contributed by atoms with Crippen molar-refractivity contribution in [2.24, 2.45) is 5.92 Å². The molecule has 28 heavy (non-hydrogen) atoms. The summed E-state index contributed by atoms with van der Waals surface area (Å²) in [5, 5.41) is 0. The van der Waals surface area contributed by atoms with Gasteiger partial charge in [-0.25, -0.2) is 0 Å². The van der Waals surface area contributed by atoms with E-state index in [1.165, 1.54) is 56.9 Å². The third-order valence-corrected chi connectivity index (χ3v) is 3.87. The molecule has 172 valence electrons. The minimum Gasteiger partial charge on any atom is -0.0955 e. The van der Waals surface area contributed by atoms with Crippen LogP contribution in [0.15, 0.2) is 36.9 Å². The molecular weight excluding hydrogens is 336 g/mol. The summed E-state index contributed by atoms with van der Waals surface area (Å²) < 4.78 is 0. The topological polar surface area (TPSA) is 0 Å². The highest BCUT2D eigenvalue weighted by Crippen LogP contribution is 2.22. The number of benzene rings is 1. The van der Waals surface area contributed by atoms with Crippen molar-refractivity contribution in [1.29, 1.82) is 0 Å². The van der Waals surface area contributed by atoms with Crippen LogP contribution in [0.5, 0.6) is 0 Å². The molecule has 2 rings (SSSR count). The van der Waals surface area contributed by atoms with Crippen molar-refractivity contribution in [1.82, 2.24) is 0 Å². The number of allylic oxidation sites excluding steroid dienone is 1. The van der Waals surface area contributed by atoms with Gasteiger partial charge in [0.05, 0.1) is 0 Å². The smallest absolute Gasteiger partial charge is 0.0233 e. The first-order valence-corrected chi connectivity index (χ1v) is 10.8. The van der Waals surface area contributed by atoms with Gasteiger partial charge in [-0.3, -0.25) is 0 Å². The second-order valence-corrected chi connectivity index (χ2v) is 6.24. The standard InChI is InChI=1S/C9H10.C7H14.C5H12.2C2H6.3CH4/c1-8(2)9-6-4-3-5-7-9;1-7-5-3-2-4-6-7;1-3-5-4-2;2*1-2;;;/h3-7H,1H2,2H3;7H,2-6H2,1H3;3-5H2,1-2H3;2*1-2H3;3*1H4. The lowest BCUT2D eigenvalue weighted by Crippen LogP contribution is -1.99. The fraction of sp³-hybridized carbons (Fsp3) is 0.714. The van der Waals surface area contributed by atoms with E-state index in [0.717, 1.165) is 11.5 Å². The van der Waals surface area contributed by atoms with E-state index >= 15 is 0 Å². The maximum Gasteiger partial charge on any atom is -0.0233 e. The third-order valence-electron chi connectivity index (χ3n) is 3.87. The molecule has 0 spiro atoms. The fourth-order valence-electron chi connectivity index (χ4n) is 2.38. The normalized spacial score (nSPS) is 11.1. The molecule has 0 atom stereocenters. The van der Waals surface area contributed by atoms with Gasteiger partial charge in [0.25, 0.3) is 0 Å². The molecule has 1 saturated carbocycles. The molecule has 0 heterocycles. The zero-order valence-corrected chi connectivity index (χ0v) is 18.8. The largest absolute Gasteiger partial charge is 0.0955 e. The first-order valence-electron chi connectivity index (χ1n) is 10.8. The predicted molar refractivity (Wildman–Crippen MR) is 141 cm³/mol. The van der Waals surface area contributed by atoms with Crippen LogP contribution in [0.2, 0.25) is 0 Å². The van der Waals surface area contributed by atoms with Gasteiger partial charge < -0.3 is 0 Å². The first kappa shape index (κ1) is 41.4. The Morgan fingerprint density at radius 2 is 1.21 bits per heavy atom. The molecule has 0 aliphatic heterocycles. The van der Waals surface area contributed by atoms with E-state index in [4.69, 9.17) is 0 Å². The summed E-state index contributed by atoms with van der Waals surface area (Å²) in [4.78, 5) is 0. The average Bonchev–Trinajstić information content (AvgIpc) is 2.68. The number of rotatable bonds is 3. The van der Waals surface area contributed by atoms with E-state index in [1.54, 1.807) is 0 Å². The summed E-state index contributed by atoms with van der Waals surface area (Å²) in [5.74, 6) is 1.04. The molecule has 0 N–H and O–H groups in total. The van der Waals surface area contributed by atoms with E-state index < -0.39 is 0 Å². The Bertz CT molecular complexity index is 328. The van der Waals surface area contributed by atoms with Gasteiger partial charge in [-0.1, -0.05) is 165 Å². The van der Waals surface area contributed by atoms with Gasteiger partial charge in [-0.2, -0.15) is 0 Å². The molecular formula is C28H60. The average molecular weight is 397 g/mol. The van der Waals surface area contributed by atoms with Crippen LogP contribution in [-0.2, 0) is 0 Å². The Balaban J connectivity index is -0.0000000582. The van der Waals surface area contributed by atoms with Crippen molar-refractivity contribution in [3.63, 3.8) is 0 Å².